The third-order valence-electron chi connectivity index (χ3n) is 3.45. The van der Waals surface area contributed by atoms with Gasteiger partial charge in [-0.15, -0.1) is 0 Å². The summed E-state index contributed by atoms with van der Waals surface area (Å²) in [5.41, 5.74) is 0.925. The molecular formula is C17H25NO3. The van der Waals surface area contributed by atoms with Crippen molar-refractivity contribution in [3.05, 3.63) is 29.8 Å². The molecule has 0 saturated carbocycles. The van der Waals surface area contributed by atoms with Crippen LogP contribution in [0.1, 0.15) is 56.8 Å². The predicted molar refractivity (Wildman–Crippen MR) is 84.3 cm³/mol. The van der Waals surface area contributed by atoms with Gasteiger partial charge in [0.2, 0.25) is 5.91 Å². The molecule has 1 aromatic carbocycles. The van der Waals surface area contributed by atoms with Gasteiger partial charge in [0.1, 0.15) is 0 Å². The molecule has 0 fully saturated rings. The van der Waals surface area contributed by atoms with E-state index in [4.69, 9.17) is 4.74 Å². The lowest BCUT2D eigenvalue weighted by Crippen LogP contribution is -2.23. The standard InChI is InChI=1S/C17H25NO3/c1-4-7-10-13(5-2)16(19)18-15-12-9-8-11-14(15)17(20)21-6-3/h8-9,11-13H,4-7,10H2,1-3H3,(H,18,19)/t13-/m1/s1. The van der Waals surface area contributed by atoms with E-state index >= 15 is 0 Å². The Morgan fingerprint density at radius 2 is 1.90 bits per heavy atom. The lowest BCUT2D eigenvalue weighted by Gasteiger charge is -2.16. The second kappa shape index (κ2) is 9.16. The topological polar surface area (TPSA) is 55.4 Å². The predicted octanol–water partition coefficient (Wildman–Crippen LogP) is 4.02. The van der Waals surface area contributed by atoms with E-state index < -0.39 is 5.97 Å². The number of nitrogens with one attached hydrogen (secondary N) is 1. The summed E-state index contributed by atoms with van der Waals surface area (Å²) in [6.07, 6.45) is 3.78. The van der Waals surface area contributed by atoms with E-state index in [1.165, 1.54) is 0 Å². The summed E-state index contributed by atoms with van der Waals surface area (Å²) in [6.45, 7) is 6.20. The van der Waals surface area contributed by atoms with Gasteiger partial charge < -0.3 is 10.1 Å². The van der Waals surface area contributed by atoms with E-state index in [-0.39, 0.29) is 11.8 Å². The van der Waals surface area contributed by atoms with E-state index in [1.807, 2.05) is 6.92 Å². The maximum Gasteiger partial charge on any atom is 0.340 e. The van der Waals surface area contributed by atoms with Crippen molar-refractivity contribution in [2.75, 3.05) is 11.9 Å². The number of amides is 1. The summed E-state index contributed by atoms with van der Waals surface area (Å²) >= 11 is 0. The van der Waals surface area contributed by atoms with Crippen LogP contribution in [0.4, 0.5) is 5.69 Å². The van der Waals surface area contributed by atoms with Crippen LogP contribution in [-0.2, 0) is 9.53 Å². The van der Waals surface area contributed by atoms with Gasteiger partial charge in [-0.3, -0.25) is 4.79 Å². The molecule has 4 heteroatoms. The van der Waals surface area contributed by atoms with Crippen molar-refractivity contribution < 1.29 is 14.3 Å². The molecule has 0 aliphatic rings. The van der Waals surface area contributed by atoms with Crippen LogP contribution in [0.3, 0.4) is 0 Å². The minimum Gasteiger partial charge on any atom is -0.462 e. The quantitative estimate of drug-likeness (QED) is 0.736. The van der Waals surface area contributed by atoms with Crippen molar-refractivity contribution in [1.29, 1.82) is 0 Å². The zero-order chi connectivity index (χ0) is 15.7. The fourth-order valence-electron chi connectivity index (χ4n) is 2.18. The number of esters is 1. The van der Waals surface area contributed by atoms with Crippen LogP contribution in [-0.4, -0.2) is 18.5 Å². The molecule has 0 aliphatic heterocycles. The largest absolute Gasteiger partial charge is 0.462 e. The number of para-hydroxylation sites is 1. The van der Waals surface area contributed by atoms with Crippen LogP contribution >= 0.6 is 0 Å². The first kappa shape index (κ1) is 17.2. The monoisotopic (exact) mass is 291 g/mol. The first-order chi connectivity index (χ1) is 10.1. The molecule has 1 N–H and O–H groups in total. The fourth-order valence-corrected chi connectivity index (χ4v) is 2.18. The van der Waals surface area contributed by atoms with Crippen LogP contribution in [0.5, 0.6) is 0 Å². The average Bonchev–Trinajstić information content (AvgIpc) is 2.48. The van der Waals surface area contributed by atoms with Crippen molar-refractivity contribution in [3.63, 3.8) is 0 Å². The van der Waals surface area contributed by atoms with Crippen molar-refractivity contribution in [1.82, 2.24) is 0 Å². The first-order valence-corrected chi connectivity index (χ1v) is 7.70. The van der Waals surface area contributed by atoms with Crippen molar-refractivity contribution >= 4 is 17.6 Å². The molecule has 1 aromatic rings. The number of carbonyl (C=O) groups excluding carboxylic acids is 2. The van der Waals surface area contributed by atoms with Crippen molar-refractivity contribution in [2.24, 2.45) is 5.92 Å². The summed E-state index contributed by atoms with van der Waals surface area (Å²) in [6, 6.07) is 6.96. The molecule has 0 heterocycles. The van der Waals surface area contributed by atoms with Crippen LogP contribution in [0.2, 0.25) is 0 Å². The Morgan fingerprint density at radius 1 is 1.19 bits per heavy atom. The Labute approximate surface area is 126 Å². The second-order valence-corrected chi connectivity index (χ2v) is 5.00. The zero-order valence-electron chi connectivity index (χ0n) is 13.1. The Hall–Kier alpha value is -1.84. The van der Waals surface area contributed by atoms with E-state index in [0.29, 0.717) is 17.9 Å². The summed E-state index contributed by atoms with van der Waals surface area (Å²) in [5.74, 6) is -0.446. The number of hydrogen-bond donors (Lipinski definition) is 1. The Morgan fingerprint density at radius 3 is 2.52 bits per heavy atom. The van der Waals surface area contributed by atoms with Gasteiger partial charge >= 0.3 is 5.97 Å². The molecule has 0 spiro atoms. The third kappa shape index (κ3) is 5.21. The average molecular weight is 291 g/mol. The molecule has 0 aliphatic carbocycles. The van der Waals surface area contributed by atoms with E-state index in [1.54, 1.807) is 31.2 Å². The van der Waals surface area contributed by atoms with Gasteiger partial charge in [-0.2, -0.15) is 0 Å². The Balaban J connectivity index is 2.82. The number of ether oxygens (including phenoxy) is 1. The minimum atomic E-state index is -0.407. The van der Waals surface area contributed by atoms with Gasteiger partial charge in [-0.25, -0.2) is 4.79 Å². The van der Waals surface area contributed by atoms with E-state index in [0.717, 1.165) is 25.7 Å². The number of hydrogen-bond acceptors (Lipinski definition) is 3. The van der Waals surface area contributed by atoms with Crippen LogP contribution < -0.4 is 5.32 Å². The molecule has 116 valence electrons. The lowest BCUT2D eigenvalue weighted by atomic mass is 9.98. The van der Waals surface area contributed by atoms with Gasteiger partial charge in [0.15, 0.2) is 0 Å². The SMILES string of the molecule is CCCC[C@@H](CC)C(=O)Nc1ccccc1C(=O)OCC. The molecular weight excluding hydrogens is 266 g/mol. The second-order valence-electron chi connectivity index (χ2n) is 5.00. The van der Waals surface area contributed by atoms with Crippen LogP contribution in [0.25, 0.3) is 0 Å². The Bertz CT molecular complexity index is 471. The molecule has 0 saturated heterocycles. The smallest absolute Gasteiger partial charge is 0.340 e. The molecule has 1 atom stereocenters. The Kier molecular flexibility index (Phi) is 7.51. The van der Waals surface area contributed by atoms with E-state index in [9.17, 15) is 9.59 Å². The molecule has 0 unspecified atom stereocenters. The van der Waals surface area contributed by atoms with Gasteiger partial charge in [-0.1, -0.05) is 38.8 Å². The maximum absolute atomic E-state index is 12.3. The number of rotatable bonds is 8. The van der Waals surface area contributed by atoms with Gasteiger partial charge in [0, 0.05) is 5.92 Å². The number of unbranched alkanes of at least 4 members (excludes halogenated alkanes) is 1. The van der Waals surface area contributed by atoms with Crippen molar-refractivity contribution in [2.45, 2.75) is 46.5 Å². The minimum absolute atomic E-state index is 0.0137. The van der Waals surface area contributed by atoms with Crippen molar-refractivity contribution in [3.8, 4) is 0 Å². The zero-order valence-corrected chi connectivity index (χ0v) is 13.1. The number of carbonyl (C=O) groups is 2. The summed E-state index contributed by atoms with van der Waals surface area (Å²) in [5, 5.41) is 2.87. The number of anilines is 1. The molecule has 0 radical (unpaired) electrons. The van der Waals surface area contributed by atoms with Crippen LogP contribution in [0.15, 0.2) is 24.3 Å². The van der Waals surface area contributed by atoms with E-state index in [2.05, 4.69) is 12.2 Å². The maximum atomic E-state index is 12.3. The molecule has 1 amide bonds. The van der Waals surface area contributed by atoms with Gasteiger partial charge in [-0.05, 0) is 31.9 Å². The molecule has 4 nitrogen and oxygen atoms in total. The first-order valence-electron chi connectivity index (χ1n) is 7.70. The van der Waals surface area contributed by atoms with Gasteiger partial charge in [0.05, 0.1) is 17.9 Å². The summed E-state index contributed by atoms with van der Waals surface area (Å²) < 4.78 is 5.01. The lowest BCUT2D eigenvalue weighted by molar-refractivity contribution is -0.120. The fraction of sp³-hybridized carbons (Fsp3) is 0.529. The molecule has 0 bridgehead atoms. The summed E-state index contributed by atoms with van der Waals surface area (Å²) in [7, 11) is 0. The normalized spacial score (nSPS) is 11.8. The summed E-state index contributed by atoms with van der Waals surface area (Å²) in [4.78, 5) is 24.2. The highest BCUT2D eigenvalue weighted by Gasteiger charge is 2.19. The highest BCUT2D eigenvalue weighted by molar-refractivity contribution is 6.01. The van der Waals surface area contributed by atoms with Crippen LogP contribution in [0, 0.1) is 5.92 Å². The highest BCUT2D eigenvalue weighted by Crippen LogP contribution is 2.20. The van der Waals surface area contributed by atoms with Gasteiger partial charge in [0.25, 0.3) is 0 Å². The molecule has 21 heavy (non-hydrogen) atoms. The highest BCUT2D eigenvalue weighted by atomic mass is 16.5. The third-order valence-corrected chi connectivity index (χ3v) is 3.45. The molecule has 0 aromatic heterocycles. The number of benzene rings is 1. The molecule has 1 rings (SSSR count).